The third kappa shape index (κ3) is 2.76. The van der Waals surface area contributed by atoms with E-state index in [1.54, 1.807) is 6.07 Å². The molecule has 1 fully saturated rings. The molecule has 1 aliphatic rings. The fourth-order valence-electron chi connectivity index (χ4n) is 2.49. The monoisotopic (exact) mass is 229 g/mol. The Morgan fingerprint density at radius 3 is 2.94 bits per heavy atom. The first-order valence-corrected chi connectivity index (χ1v) is 6.34. The van der Waals surface area contributed by atoms with Crippen molar-refractivity contribution in [3.05, 3.63) is 23.9 Å². The predicted molar refractivity (Wildman–Crippen MR) is 68.8 cm³/mol. The van der Waals surface area contributed by atoms with Gasteiger partial charge in [0.15, 0.2) is 0 Å². The van der Waals surface area contributed by atoms with Crippen LogP contribution in [0.2, 0.25) is 0 Å². The molecule has 2 heterocycles. The second kappa shape index (κ2) is 5.18. The molecule has 2 unspecified atom stereocenters. The Balaban J connectivity index is 2.26. The molecule has 1 aromatic heterocycles. The van der Waals surface area contributed by atoms with Crippen LogP contribution in [0, 0.1) is 17.2 Å². The van der Waals surface area contributed by atoms with Gasteiger partial charge in [-0.2, -0.15) is 5.26 Å². The fourth-order valence-corrected chi connectivity index (χ4v) is 2.49. The summed E-state index contributed by atoms with van der Waals surface area (Å²) in [6, 6.07) is 8.31. The standard InChI is InChI=1S/C14H19N3/c1-11-5-3-6-12(2)17(10-11)14-8-4-7-13(9-15)16-14/h4,7-8,11-12H,3,5-6,10H2,1-2H3. The Hall–Kier alpha value is -1.56. The lowest BCUT2D eigenvalue weighted by atomic mass is 10.1. The number of hydrogen-bond acceptors (Lipinski definition) is 3. The van der Waals surface area contributed by atoms with E-state index in [1.165, 1.54) is 19.3 Å². The highest BCUT2D eigenvalue weighted by molar-refractivity contribution is 5.42. The van der Waals surface area contributed by atoms with Gasteiger partial charge in [-0.05, 0) is 37.8 Å². The summed E-state index contributed by atoms with van der Waals surface area (Å²) in [6.07, 6.45) is 3.79. The average molecular weight is 229 g/mol. The van der Waals surface area contributed by atoms with E-state index >= 15 is 0 Å². The van der Waals surface area contributed by atoms with Gasteiger partial charge < -0.3 is 4.90 Å². The molecule has 17 heavy (non-hydrogen) atoms. The van der Waals surface area contributed by atoms with Gasteiger partial charge in [-0.1, -0.05) is 19.4 Å². The zero-order chi connectivity index (χ0) is 12.3. The van der Waals surface area contributed by atoms with Crippen molar-refractivity contribution in [3.8, 4) is 6.07 Å². The molecule has 1 saturated heterocycles. The summed E-state index contributed by atoms with van der Waals surface area (Å²) in [5.41, 5.74) is 0.506. The molecule has 0 radical (unpaired) electrons. The Morgan fingerprint density at radius 2 is 2.18 bits per heavy atom. The first-order valence-electron chi connectivity index (χ1n) is 6.34. The first-order chi connectivity index (χ1) is 8.20. The molecule has 0 aliphatic carbocycles. The van der Waals surface area contributed by atoms with Gasteiger partial charge in [0, 0.05) is 12.6 Å². The van der Waals surface area contributed by atoms with Crippen LogP contribution in [0.25, 0.3) is 0 Å². The molecule has 0 saturated carbocycles. The third-order valence-electron chi connectivity index (χ3n) is 3.50. The molecule has 2 atom stereocenters. The minimum atomic E-state index is 0.506. The molecule has 0 aromatic carbocycles. The van der Waals surface area contributed by atoms with Crippen LogP contribution in [0.4, 0.5) is 5.82 Å². The van der Waals surface area contributed by atoms with Crippen molar-refractivity contribution in [1.82, 2.24) is 4.98 Å². The van der Waals surface area contributed by atoms with Gasteiger partial charge in [0.05, 0.1) is 0 Å². The molecule has 90 valence electrons. The van der Waals surface area contributed by atoms with Crippen LogP contribution in [0.1, 0.15) is 38.8 Å². The van der Waals surface area contributed by atoms with Crippen molar-refractivity contribution >= 4 is 5.82 Å². The second-order valence-corrected chi connectivity index (χ2v) is 5.03. The van der Waals surface area contributed by atoms with Gasteiger partial charge >= 0.3 is 0 Å². The summed E-state index contributed by atoms with van der Waals surface area (Å²) in [5, 5.41) is 8.90. The largest absolute Gasteiger partial charge is 0.354 e. The molecular weight excluding hydrogens is 210 g/mol. The zero-order valence-electron chi connectivity index (χ0n) is 10.6. The quantitative estimate of drug-likeness (QED) is 0.743. The normalized spacial score (nSPS) is 25.1. The number of anilines is 1. The van der Waals surface area contributed by atoms with Gasteiger partial charge in [-0.25, -0.2) is 4.98 Å². The summed E-state index contributed by atoms with van der Waals surface area (Å²) in [5.74, 6) is 1.65. The summed E-state index contributed by atoms with van der Waals surface area (Å²) in [6.45, 7) is 5.58. The molecule has 3 nitrogen and oxygen atoms in total. The first kappa shape index (κ1) is 11.9. The maximum absolute atomic E-state index is 8.90. The Labute approximate surface area is 103 Å². The van der Waals surface area contributed by atoms with Crippen molar-refractivity contribution in [3.63, 3.8) is 0 Å². The minimum absolute atomic E-state index is 0.506. The van der Waals surface area contributed by atoms with Crippen molar-refractivity contribution in [2.75, 3.05) is 11.4 Å². The highest BCUT2D eigenvalue weighted by atomic mass is 15.2. The number of nitrogens with zero attached hydrogens (tertiary/aromatic N) is 3. The van der Waals surface area contributed by atoms with E-state index < -0.39 is 0 Å². The Kier molecular flexibility index (Phi) is 3.63. The summed E-state index contributed by atoms with van der Waals surface area (Å²) in [7, 11) is 0. The summed E-state index contributed by atoms with van der Waals surface area (Å²) >= 11 is 0. The van der Waals surface area contributed by atoms with Crippen LogP contribution in [0.15, 0.2) is 18.2 Å². The minimum Gasteiger partial charge on any atom is -0.354 e. The van der Waals surface area contributed by atoms with E-state index in [1.807, 2.05) is 12.1 Å². The van der Waals surface area contributed by atoms with E-state index in [2.05, 4.69) is 29.8 Å². The summed E-state index contributed by atoms with van der Waals surface area (Å²) < 4.78 is 0. The van der Waals surface area contributed by atoms with Crippen LogP contribution in [0.3, 0.4) is 0 Å². The molecule has 0 amide bonds. The number of rotatable bonds is 1. The SMILES string of the molecule is CC1CCCC(C)N(c2cccc(C#N)n2)C1. The van der Waals surface area contributed by atoms with Crippen molar-refractivity contribution in [2.45, 2.75) is 39.2 Å². The van der Waals surface area contributed by atoms with E-state index in [0.717, 1.165) is 12.4 Å². The van der Waals surface area contributed by atoms with Crippen LogP contribution in [0.5, 0.6) is 0 Å². The van der Waals surface area contributed by atoms with Crippen LogP contribution >= 0.6 is 0 Å². The molecule has 1 aliphatic heterocycles. The van der Waals surface area contributed by atoms with Crippen molar-refractivity contribution in [1.29, 1.82) is 5.26 Å². The highest BCUT2D eigenvalue weighted by Gasteiger charge is 2.21. The molecule has 1 aromatic rings. The Bertz CT molecular complexity index is 422. The van der Waals surface area contributed by atoms with E-state index in [9.17, 15) is 0 Å². The molecule has 2 rings (SSSR count). The van der Waals surface area contributed by atoms with E-state index in [4.69, 9.17) is 5.26 Å². The zero-order valence-corrected chi connectivity index (χ0v) is 10.6. The number of hydrogen-bond donors (Lipinski definition) is 0. The van der Waals surface area contributed by atoms with E-state index in [-0.39, 0.29) is 0 Å². The average Bonchev–Trinajstić information content (AvgIpc) is 2.51. The second-order valence-electron chi connectivity index (χ2n) is 5.03. The van der Waals surface area contributed by atoms with Gasteiger partial charge in [-0.3, -0.25) is 0 Å². The third-order valence-corrected chi connectivity index (χ3v) is 3.50. The molecule has 3 heteroatoms. The van der Waals surface area contributed by atoms with E-state index in [0.29, 0.717) is 17.7 Å². The van der Waals surface area contributed by atoms with Crippen molar-refractivity contribution in [2.24, 2.45) is 5.92 Å². The maximum atomic E-state index is 8.90. The van der Waals surface area contributed by atoms with Crippen LogP contribution in [-0.4, -0.2) is 17.6 Å². The predicted octanol–water partition coefficient (Wildman–Crippen LogP) is 2.97. The molecule has 0 bridgehead atoms. The molecular formula is C14H19N3. The van der Waals surface area contributed by atoms with Gasteiger partial charge in [0.1, 0.15) is 17.6 Å². The van der Waals surface area contributed by atoms with Gasteiger partial charge in [0.2, 0.25) is 0 Å². The number of nitriles is 1. The lowest BCUT2D eigenvalue weighted by molar-refractivity contribution is 0.542. The van der Waals surface area contributed by atoms with Gasteiger partial charge in [0.25, 0.3) is 0 Å². The molecule has 0 spiro atoms. The number of aromatic nitrogens is 1. The highest BCUT2D eigenvalue weighted by Crippen LogP contribution is 2.25. The Morgan fingerprint density at radius 1 is 1.35 bits per heavy atom. The maximum Gasteiger partial charge on any atom is 0.142 e. The topological polar surface area (TPSA) is 39.9 Å². The summed E-state index contributed by atoms with van der Waals surface area (Å²) in [4.78, 5) is 6.75. The van der Waals surface area contributed by atoms with Crippen LogP contribution in [-0.2, 0) is 0 Å². The lowest BCUT2D eigenvalue weighted by Gasteiger charge is -2.29. The number of pyridine rings is 1. The van der Waals surface area contributed by atoms with Crippen LogP contribution < -0.4 is 4.90 Å². The molecule has 0 N–H and O–H groups in total. The van der Waals surface area contributed by atoms with Crippen molar-refractivity contribution < 1.29 is 0 Å². The lowest BCUT2D eigenvalue weighted by Crippen LogP contribution is -2.35. The fraction of sp³-hybridized carbons (Fsp3) is 0.571. The smallest absolute Gasteiger partial charge is 0.142 e. The van der Waals surface area contributed by atoms with Gasteiger partial charge in [-0.15, -0.1) is 0 Å².